The van der Waals surface area contributed by atoms with Crippen molar-refractivity contribution in [1.82, 2.24) is 5.32 Å². The van der Waals surface area contributed by atoms with Crippen LogP contribution in [0.4, 0.5) is 8.78 Å². The van der Waals surface area contributed by atoms with Crippen molar-refractivity contribution in [3.05, 3.63) is 35.4 Å². The van der Waals surface area contributed by atoms with Crippen LogP contribution in [-0.2, 0) is 4.74 Å². The lowest BCUT2D eigenvalue weighted by molar-refractivity contribution is 0.0806. The number of likely N-dealkylation sites (N-methyl/N-ethyl adjacent to an activating group) is 1. The molecule has 0 amide bonds. The first-order valence-corrected chi connectivity index (χ1v) is 5.46. The van der Waals surface area contributed by atoms with Crippen LogP contribution in [0.25, 0.3) is 0 Å². The molecule has 0 spiro atoms. The topological polar surface area (TPSA) is 21.3 Å². The van der Waals surface area contributed by atoms with Crippen LogP contribution in [0, 0.1) is 11.6 Å². The zero-order valence-corrected chi connectivity index (χ0v) is 9.17. The van der Waals surface area contributed by atoms with Gasteiger partial charge in [-0.05, 0) is 37.6 Å². The lowest BCUT2D eigenvalue weighted by Crippen LogP contribution is -2.29. The lowest BCUT2D eigenvalue weighted by atomic mass is 9.99. The van der Waals surface area contributed by atoms with Gasteiger partial charge in [0, 0.05) is 6.61 Å². The van der Waals surface area contributed by atoms with Crippen molar-refractivity contribution >= 4 is 0 Å². The molecule has 1 aromatic carbocycles. The van der Waals surface area contributed by atoms with Gasteiger partial charge >= 0.3 is 0 Å². The fourth-order valence-corrected chi connectivity index (χ4v) is 2.14. The predicted molar refractivity (Wildman–Crippen MR) is 57.1 cm³/mol. The van der Waals surface area contributed by atoms with Crippen LogP contribution in [0.2, 0.25) is 0 Å². The van der Waals surface area contributed by atoms with E-state index < -0.39 is 11.6 Å². The second kappa shape index (κ2) is 4.89. The maximum Gasteiger partial charge on any atom is 0.159 e. The second-order valence-corrected chi connectivity index (χ2v) is 3.99. The third kappa shape index (κ3) is 2.23. The summed E-state index contributed by atoms with van der Waals surface area (Å²) in [5.41, 5.74) is 0.730. The summed E-state index contributed by atoms with van der Waals surface area (Å²) in [5, 5.41) is 3.09. The van der Waals surface area contributed by atoms with Gasteiger partial charge in [0.25, 0.3) is 0 Å². The number of benzene rings is 1. The van der Waals surface area contributed by atoms with E-state index in [9.17, 15) is 8.78 Å². The first kappa shape index (κ1) is 11.5. The van der Waals surface area contributed by atoms with E-state index >= 15 is 0 Å². The minimum atomic E-state index is -0.814. The van der Waals surface area contributed by atoms with Gasteiger partial charge in [-0.2, -0.15) is 0 Å². The molecule has 0 aliphatic carbocycles. The van der Waals surface area contributed by atoms with Crippen molar-refractivity contribution in [2.24, 2.45) is 0 Å². The van der Waals surface area contributed by atoms with E-state index in [-0.39, 0.29) is 12.1 Å². The number of nitrogens with one attached hydrogen (secondary N) is 1. The smallest absolute Gasteiger partial charge is 0.159 e. The van der Waals surface area contributed by atoms with Crippen molar-refractivity contribution < 1.29 is 13.5 Å². The van der Waals surface area contributed by atoms with Gasteiger partial charge in [-0.15, -0.1) is 0 Å². The van der Waals surface area contributed by atoms with Crippen molar-refractivity contribution in [2.75, 3.05) is 13.7 Å². The molecular weight excluding hydrogens is 212 g/mol. The van der Waals surface area contributed by atoms with E-state index in [0.29, 0.717) is 0 Å². The molecule has 0 saturated carbocycles. The van der Waals surface area contributed by atoms with Gasteiger partial charge in [0.1, 0.15) is 0 Å². The quantitative estimate of drug-likeness (QED) is 0.856. The summed E-state index contributed by atoms with van der Waals surface area (Å²) >= 11 is 0. The fraction of sp³-hybridized carbons (Fsp3) is 0.500. The molecule has 1 aliphatic heterocycles. The van der Waals surface area contributed by atoms with E-state index in [2.05, 4.69) is 5.32 Å². The Bertz CT molecular complexity index is 364. The molecule has 2 unspecified atom stereocenters. The predicted octanol–water partition coefficient (Wildman–Crippen LogP) is 2.40. The van der Waals surface area contributed by atoms with Crippen LogP contribution in [0.1, 0.15) is 24.4 Å². The largest absolute Gasteiger partial charge is 0.376 e. The van der Waals surface area contributed by atoms with Gasteiger partial charge in [0.05, 0.1) is 12.1 Å². The molecule has 0 radical (unpaired) electrons. The summed E-state index contributed by atoms with van der Waals surface area (Å²) in [6, 6.07) is 3.92. The van der Waals surface area contributed by atoms with Crippen LogP contribution in [0.15, 0.2) is 18.2 Å². The first-order chi connectivity index (χ1) is 7.72. The van der Waals surface area contributed by atoms with E-state index in [1.54, 1.807) is 13.1 Å². The number of hydrogen-bond donors (Lipinski definition) is 1. The summed E-state index contributed by atoms with van der Waals surface area (Å²) in [7, 11) is 1.80. The number of halogens is 2. The summed E-state index contributed by atoms with van der Waals surface area (Å²) in [6.07, 6.45) is 2.02. The Kier molecular flexibility index (Phi) is 3.51. The Morgan fingerprint density at radius 2 is 2.19 bits per heavy atom. The molecule has 1 fully saturated rings. The fourth-order valence-electron chi connectivity index (χ4n) is 2.14. The monoisotopic (exact) mass is 227 g/mol. The Morgan fingerprint density at radius 1 is 1.38 bits per heavy atom. The van der Waals surface area contributed by atoms with Gasteiger partial charge in [0.2, 0.25) is 0 Å². The zero-order valence-electron chi connectivity index (χ0n) is 9.17. The summed E-state index contributed by atoms with van der Waals surface area (Å²) in [5.74, 6) is -1.62. The molecular formula is C12H15F2NO. The second-order valence-electron chi connectivity index (χ2n) is 3.99. The van der Waals surface area contributed by atoms with E-state index in [0.717, 1.165) is 31.1 Å². The first-order valence-electron chi connectivity index (χ1n) is 5.46. The molecule has 2 rings (SSSR count). The third-order valence-electron chi connectivity index (χ3n) is 2.95. The minimum absolute atomic E-state index is 0.0508. The van der Waals surface area contributed by atoms with Crippen LogP contribution < -0.4 is 5.32 Å². The molecule has 2 nitrogen and oxygen atoms in total. The maximum atomic E-state index is 13.1. The highest BCUT2D eigenvalue weighted by Gasteiger charge is 2.26. The highest BCUT2D eigenvalue weighted by Crippen LogP contribution is 2.27. The Labute approximate surface area is 93.6 Å². The number of rotatable bonds is 3. The highest BCUT2D eigenvalue weighted by atomic mass is 19.2. The van der Waals surface area contributed by atoms with E-state index in [1.165, 1.54) is 6.07 Å². The van der Waals surface area contributed by atoms with Crippen molar-refractivity contribution in [1.29, 1.82) is 0 Å². The van der Waals surface area contributed by atoms with Crippen LogP contribution in [-0.4, -0.2) is 19.8 Å². The van der Waals surface area contributed by atoms with Gasteiger partial charge in [-0.1, -0.05) is 6.07 Å². The van der Waals surface area contributed by atoms with Gasteiger partial charge < -0.3 is 10.1 Å². The minimum Gasteiger partial charge on any atom is -0.376 e. The molecule has 0 bridgehead atoms. The Hall–Kier alpha value is -1.00. The molecule has 16 heavy (non-hydrogen) atoms. The zero-order chi connectivity index (χ0) is 11.5. The molecule has 0 aromatic heterocycles. The normalized spacial score (nSPS) is 22.3. The SMILES string of the molecule is CNC(c1ccc(F)c(F)c1)C1CCCO1. The maximum absolute atomic E-state index is 13.1. The summed E-state index contributed by atoms with van der Waals surface area (Å²) < 4.78 is 31.5. The molecule has 1 N–H and O–H groups in total. The van der Waals surface area contributed by atoms with Crippen molar-refractivity contribution in [3.63, 3.8) is 0 Å². The van der Waals surface area contributed by atoms with E-state index in [1.807, 2.05) is 0 Å². The van der Waals surface area contributed by atoms with Crippen LogP contribution >= 0.6 is 0 Å². The van der Waals surface area contributed by atoms with Gasteiger partial charge in [-0.3, -0.25) is 0 Å². The number of hydrogen-bond acceptors (Lipinski definition) is 2. The van der Waals surface area contributed by atoms with E-state index in [4.69, 9.17) is 4.74 Å². The van der Waals surface area contributed by atoms with Crippen molar-refractivity contribution in [3.8, 4) is 0 Å². The van der Waals surface area contributed by atoms with Crippen molar-refractivity contribution in [2.45, 2.75) is 25.0 Å². The molecule has 1 heterocycles. The highest BCUT2D eigenvalue weighted by molar-refractivity contribution is 5.22. The number of ether oxygens (including phenoxy) is 1. The Morgan fingerprint density at radius 3 is 2.75 bits per heavy atom. The molecule has 4 heteroatoms. The molecule has 1 saturated heterocycles. The van der Waals surface area contributed by atoms with Gasteiger partial charge in [0.15, 0.2) is 11.6 Å². The van der Waals surface area contributed by atoms with Gasteiger partial charge in [-0.25, -0.2) is 8.78 Å². The van der Waals surface area contributed by atoms with Crippen LogP contribution in [0.5, 0.6) is 0 Å². The molecule has 1 aliphatic rings. The standard InChI is InChI=1S/C12H15F2NO/c1-15-12(11-3-2-6-16-11)8-4-5-9(13)10(14)7-8/h4-5,7,11-12,15H,2-3,6H2,1H3. The Balaban J connectivity index is 2.22. The lowest BCUT2D eigenvalue weighted by Gasteiger charge is -2.22. The molecule has 88 valence electrons. The third-order valence-corrected chi connectivity index (χ3v) is 2.95. The average molecular weight is 227 g/mol. The summed E-state index contributed by atoms with van der Waals surface area (Å²) in [6.45, 7) is 0.743. The average Bonchev–Trinajstić information content (AvgIpc) is 2.78. The van der Waals surface area contributed by atoms with Crippen LogP contribution in [0.3, 0.4) is 0 Å². The molecule has 2 atom stereocenters. The summed E-state index contributed by atoms with van der Waals surface area (Å²) in [4.78, 5) is 0. The molecule has 1 aromatic rings.